The van der Waals surface area contributed by atoms with Crippen LogP contribution in [-0.4, -0.2) is 39.9 Å². The summed E-state index contributed by atoms with van der Waals surface area (Å²) in [6, 6.07) is 0. The number of hydrogen-bond acceptors (Lipinski definition) is 4. The van der Waals surface area contributed by atoms with Gasteiger partial charge in [-0.25, -0.2) is 0 Å². The first kappa shape index (κ1) is 25.0. The van der Waals surface area contributed by atoms with E-state index >= 15 is 0 Å². The second kappa shape index (κ2) is 7.42. The minimum Gasteiger partial charge on any atom is -0.393 e. The molecule has 0 aromatic carbocycles. The molecule has 0 heterocycles. The highest BCUT2D eigenvalue weighted by atomic mass is 16.3. The topological polar surface area (TPSA) is 77.8 Å². The summed E-state index contributed by atoms with van der Waals surface area (Å²) in [5, 5.41) is 32.9. The largest absolute Gasteiger partial charge is 0.393 e. The fraction of sp³-hybridized carbons (Fsp3) is 0.900. The Morgan fingerprint density at radius 2 is 1.56 bits per heavy atom. The number of aldehydes is 1. The number of hydrogen-bond donors (Lipinski definition) is 3. The number of allylic oxidation sites excluding steroid dienone is 2. The summed E-state index contributed by atoms with van der Waals surface area (Å²) >= 11 is 0. The molecular formula is C30H48O4. The van der Waals surface area contributed by atoms with E-state index in [1.165, 1.54) is 5.57 Å². The third kappa shape index (κ3) is 2.69. The lowest BCUT2D eigenvalue weighted by molar-refractivity contribution is -0.216. The summed E-state index contributed by atoms with van der Waals surface area (Å²) in [4.78, 5) is 12.7. The van der Waals surface area contributed by atoms with Crippen molar-refractivity contribution in [1.82, 2.24) is 0 Å². The maximum Gasteiger partial charge on any atom is 0.129 e. The third-order valence-electron chi connectivity index (χ3n) is 13.5. The zero-order valence-electron chi connectivity index (χ0n) is 22.5. The Balaban J connectivity index is 1.62. The van der Waals surface area contributed by atoms with Crippen molar-refractivity contribution in [2.24, 2.45) is 56.7 Å². The Kier molecular flexibility index (Phi) is 5.44. The SMILES string of the molecule is CC1C(C)C2C3=CCC4C5(C)CCC(O)C(C)(C)C5CCC4(C)C3(C)CCC2(C=O)C(O)C1O. The van der Waals surface area contributed by atoms with Gasteiger partial charge >= 0.3 is 0 Å². The summed E-state index contributed by atoms with van der Waals surface area (Å²) in [6.45, 7) is 16.3. The van der Waals surface area contributed by atoms with E-state index < -0.39 is 17.6 Å². The van der Waals surface area contributed by atoms with E-state index in [-0.39, 0.29) is 45.5 Å². The Labute approximate surface area is 206 Å². The van der Waals surface area contributed by atoms with Crippen LogP contribution < -0.4 is 0 Å². The molecule has 0 aromatic heterocycles. The molecule has 0 radical (unpaired) electrons. The van der Waals surface area contributed by atoms with Gasteiger partial charge in [0.05, 0.1) is 23.7 Å². The normalized spacial score (nSPS) is 58.5. The molecule has 5 rings (SSSR count). The molecule has 12 atom stereocenters. The highest BCUT2D eigenvalue weighted by Gasteiger charge is 2.70. The fourth-order valence-electron chi connectivity index (χ4n) is 10.9. The lowest BCUT2D eigenvalue weighted by Crippen LogP contribution is -2.67. The van der Waals surface area contributed by atoms with Gasteiger partial charge in [0.1, 0.15) is 6.29 Å². The van der Waals surface area contributed by atoms with Crippen molar-refractivity contribution >= 4 is 6.29 Å². The van der Waals surface area contributed by atoms with Gasteiger partial charge in [-0.3, -0.25) is 0 Å². The van der Waals surface area contributed by atoms with Crippen LogP contribution in [0, 0.1) is 56.7 Å². The first-order valence-corrected chi connectivity index (χ1v) is 13.9. The Bertz CT molecular complexity index is 894. The summed E-state index contributed by atoms with van der Waals surface area (Å²) in [5.41, 5.74) is 0.759. The maximum atomic E-state index is 12.7. The average Bonchev–Trinajstić information content (AvgIpc) is 2.79. The fourth-order valence-corrected chi connectivity index (χ4v) is 10.9. The molecule has 34 heavy (non-hydrogen) atoms. The second-order valence-electron chi connectivity index (χ2n) is 14.5. The summed E-state index contributed by atoms with van der Waals surface area (Å²) < 4.78 is 0. The van der Waals surface area contributed by atoms with Crippen molar-refractivity contribution in [2.45, 2.75) is 112 Å². The van der Waals surface area contributed by atoms with E-state index in [9.17, 15) is 20.1 Å². The molecule has 0 aliphatic heterocycles. The molecule has 0 saturated heterocycles. The minimum absolute atomic E-state index is 0.00919. The lowest BCUT2D eigenvalue weighted by atomic mass is 9.33. The van der Waals surface area contributed by atoms with E-state index in [2.05, 4.69) is 47.6 Å². The quantitative estimate of drug-likeness (QED) is 0.364. The van der Waals surface area contributed by atoms with E-state index in [1.807, 2.05) is 6.92 Å². The summed E-state index contributed by atoms with van der Waals surface area (Å²) in [5.74, 6) is 1.16. The highest BCUT2D eigenvalue weighted by molar-refractivity contribution is 5.65. The van der Waals surface area contributed by atoms with Gasteiger partial charge in [-0.1, -0.05) is 60.1 Å². The molecule has 12 unspecified atom stereocenters. The standard InChI is InChI=1S/C30H48O4/c1-17-18(2)24(33)25(34)30(16-31)15-14-28(6)19(23(17)30)8-9-21-27(5)12-11-22(32)26(3,4)20(27)10-13-29(21,28)7/h8,16-18,20-25,32-34H,9-15H2,1-7H3. The molecule has 4 nitrogen and oxygen atoms in total. The molecule has 5 aliphatic rings. The van der Waals surface area contributed by atoms with E-state index in [1.54, 1.807) is 0 Å². The summed E-state index contributed by atoms with van der Waals surface area (Å²) in [7, 11) is 0. The number of carbonyl (C=O) groups is 1. The second-order valence-corrected chi connectivity index (χ2v) is 14.5. The van der Waals surface area contributed by atoms with Gasteiger partial charge in [0, 0.05) is 0 Å². The van der Waals surface area contributed by atoms with Crippen molar-refractivity contribution in [1.29, 1.82) is 0 Å². The highest BCUT2D eigenvalue weighted by Crippen LogP contribution is 2.75. The van der Waals surface area contributed by atoms with Crippen molar-refractivity contribution < 1.29 is 20.1 Å². The van der Waals surface area contributed by atoms with Crippen LogP contribution in [0.25, 0.3) is 0 Å². The molecule has 0 bridgehead atoms. The van der Waals surface area contributed by atoms with Crippen LogP contribution in [0.2, 0.25) is 0 Å². The van der Waals surface area contributed by atoms with Crippen molar-refractivity contribution in [2.75, 3.05) is 0 Å². The predicted molar refractivity (Wildman–Crippen MR) is 134 cm³/mol. The Morgan fingerprint density at radius 1 is 0.882 bits per heavy atom. The van der Waals surface area contributed by atoms with Crippen LogP contribution in [0.4, 0.5) is 0 Å². The van der Waals surface area contributed by atoms with Crippen LogP contribution in [0.15, 0.2) is 11.6 Å². The Hall–Kier alpha value is -0.710. The molecular weight excluding hydrogens is 424 g/mol. The van der Waals surface area contributed by atoms with Gasteiger partial charge in [0.15, 0.2) is 0 Å². The van der Waals surface area contributed by atoms with E-state index in [0.717, 1.165) is 44.8 Å². The minimum atomic E-state index is -0.994. The molecule has 0 spiro atoms. The first-order valence-electron chi connectivity index (χ1n) is 13.9. The molecule has 4 heteroatoms. The van der Waals surface area contributed by atoms with Crippen LogP contribution in [0.5, 0.6) is 0 Å². The van der Waals surface area contributed by atoms with Crippen LogP contribution >= 0.6 is 0 Å². The smallest absolute Gasteiger partial charge is 0.129 e. The monoisotopic (exact) mass is 472 g/mol. The van der Waals surface area contributed by atoms with Gasteiger partial charge in [0.2, 0.25) is 0 Å². The predicted octanol–water partition coefficient (Wildman–Crippen LogP) is 5.15. The van der Waals surface area contributed by atoms with E-state index in [4.69, 9.17) is 0 Å². The van der Waals surface area contributed by atoms with Crippen molar-refractivity contribution in [3.05, 3.63) is 11.6 Å². The zero-order chi connectivity index (χ0) is 25.1. The number of aliphatic hydroxyl groups is 3. The third-order valence-corrected chi connectivity index (χ3v) is 13.5. The number of carbonyl (C=O) groups excluding carboxylic acids is 1. The number of aliphatic hydroxyl groups excluding tert-OH is 3. The molecule has 3 N–H and O–H groups in total. The first-order chi connectivity index (χ1) is 15.7. The van der Waals surface area contributed by atoms with Gasteiger partial charge in [0.25, 0.3) is 0 Å². The van der Waals surface area contributed by atoms with Gasteiger partial charge < -0.3 is 20.1 Å². The molecule has 0 amide bonds. The van der Waals surface area contributed by atoms with Gasteiger partial charge in [-0.2, -0.15) is 0 Å². The Morgan fingerprint density at radius 3 is 2.21 bits per heavy atom. The van der Waals surface area contributed by atoms with Crippen LogP contribution in [-0.2, 0) is 4.79 Å². The van der Waals surface area contributed by atoms with Crippen LogP contribution in [0.1, 0.15) is 93.4 Å². The van der Waals surface area contributed by atoms with Crippen molar-refractivity contribution in [3.63, 3.8) is 0 Å². The lowest BCUT2D eigenvalue weighted by Gasteiger charge is -2.71. The van der Waals surface area contributed by atoms with Crippen molar-refractivity contribution in [3.8, 4) is 0 Å². The maximum absolute atomic E-state index is 12.7. The molecule has 4 fully saturated rings. The molecule has 192 valence electrons. The molecule has 5 aliphatic carbocycles. The zero-order valence-corrected chi connectivity index (χ0v) is 22.5. The van der Waals surface area contributed by atoms with E-state index in [0.29, 0.717) is 18.3 Å². The number of rotatable bonds is 1. The summed E-state index contributed by atoms with van der Waals surface area (Å²) in [6.07, 6.45) is 8.24. The number of fused-ring (bicyclic) bond motifs is 7. The van der Waals surface area contributed by atoms with Gasteiger partial charge in [-0.05, 0) is 96.2 Å². The van der Waals surface area contributed by atoms with Crippen LogP contribution in [0.3, 0.4) is 0 Å². The van der Waals surface area contributed by atoms with Gasteiger partial charge in [-0.15, -0.1) is 0 Å². The average molecular weight is 473 g/mol. The molecule has 4 saturated carbocycles. The molecule has 0 aromatic rings.